The standard InChI is InChI=1S/C18H27BrN6O3S/c1-6-23-11-16(12(2)20-23)29(27,28)24-9-7-22(8-10-24)18(26)15(5)25-14(4)17(19)13(3)21-25/h11,15H,6-10H2,1-5H3. The van der Waals surface area contributed by atoms with Crippen LogP contribution in [0.2, 0.25) is 0 Å². The van der Waals surface area contributed by atoms with E-state index in [9.17, 15) is 13.2 Å². The van der Waals surface area contributed by atoms with Crippen LogP contribution in [0.4, 0.5) is 0 Å². The van der Waals surface area contributed by atoms with Crippen molar-refractivity contribution < 1.29 is 13.2 Å². The van der Waals surface area contributed by atoms with Crippen LogP contribution in [-0.4, -0.2) is 69.3 Å². The average Bonchev–Trinajstić information content (AvgIpc) is 3.22. The molecule has 0 spiro atoms. The van der Waals surface area contributed by atoms with E-state index in [2.05, 4.69) is 26.1 Å². The van der Waals surface area contributed by atoms with Crippen molar-refractivity contribution in [3.05, 3.63) is 27.8 Å². The molecule has 11 heteroatoms. The minimum Gasteiger partial charge on any atom is -0.338 e. The Bertz CT molecular complexity index is 1020. The fourth-order valence-corrected chi connectivity index (χ4v) is 5.44. The van der Waals surface area contributed by atoms with Crippen molar-refractivity contribution in [3.63, 3.8) is 0 Å². The topological polar surface area (TPSA) is 93.3 Å². The number of aryl methyl sites for hydroxylation is 3. The Kier molecular flexibility index (Phi) is 6.21. The second kappa shape index (κ2) is 8.19. The van der Waals surface area contributed by atoms with E-state index in [-0.39, 0.29) is 23.9 Å². The molecule has 3 rings (SSSR count). The number of sulfonamides is 1. The van der Waals surface area contributed by atoms with Crippen LogP contribution in [0.3, 0.4) is 0 Å². The van der Waals surface area contributed by atoms with Gasteiger partial charge in [-0.3, -0.25) is 14.2 Å². The van der Waals surface area contributed by atoms with Crippen molar-refractivity contribution in [2.75, 3.05) is 26.2 Å². The molecule has 1 aliphatic rings. The fourth-order valence-electron chi connectivity index (χ4n) is 3.59. The molecule has 1 atom stereocenters. The maximum atomic E-state index is 13.0. The highest BCUT2D eigenvalue weighted by atomic mass is 79.9. The van der Waals surface area contributed by atoms with Crippen molar-refractivity contribution in [2.45, 2.75) is 52.1 Å². The van der Waals surface area contributed by atoms with Gasteiger partial charge < -0.3 is 4.90 Å². The van der Waals surface area contributed by atoms with Crippen molar-refractivity contribution in [1.29, 1.82) is 0 Å². The summed E-state index contributed by atoms with van der Waals surface area (Å²) in [4.78, 5) is 14.9. The summed E-state index contributed by atoms with van der Waals surface area (Å²) in [5.41, 5.74) is 2.23. The normalized spacial score (nSPS) is 17.0. The highest BCUT2D eigenvalue weighted by Crippen LogP contribution is 2.25. The molecule has 3 heterocycles. The Hall–Kier alpha value is -1.72. The van der Waals surface area contributed by atoms with E-state index in [1.165, 1.54) is 4.31 Å². The number of carbonyl (C=O) groups excluding carboxylic acids is 1. The van der Waals surface area contributed by atoms with Crippen LogP contribution in [0, 0.1) is 20.8 Å². The lowest BCUT2D eigenvalue weighted by Gasteiger charge is -2.35. The predicted molar refractivity (Wildman–Crippen MR) is 112 cm³/mol. The van der Waals surface area contributed by atoms with E-state index >= 15 is 0 Å². The summed E-state index contributed by atoms with van der Waals surface area (Å²) in [5.74, 6) is -0.0601. The molecule has 0 N–H and O–H groups in total. The maximum absolute atomic E-state index is 13.0. The van der Waals surface area contributed by atoms with Crippen molar-refractivity contribution in [2.24, 2.45) is 0 Å². The average molecular weight is 487 g/mol. The van der Waals surface area contributed by atoms with Gasteiger partial charge >= 0.3 is 0 Å². The number of amides is 1. The van der Waals surface area contributed by atoms with Gasteiger partial charge in [-0.2, -0.15) is 14.5 Å². The molecule has 1 aliphatic heterocycles. The monoisotopic (exact) mass is 486 g/mol. The summed E-state index contributed by atoms with van der Waals surface area (Å²) in [6.07, 6.45) is 1.57. The number of rotatable bonds is 5. The molecule has 1 unspecified atom stereocenters. The van der Waals surface area contributed by atoms with Crippen LogP contribution in [-0.2, 0) is 21.4 Å². The molecule has 9 nitrogen and oxygen atoms in total. The smallest absolute Gasteiger partial charge is 0.247 e. The van der Waals surface area contributed by atoms with Crippen LogP contribution >= 0.6 is 15.9 Å². The van der Waals surface area contributed by atoms with Gasteiger partial charge in [0, 0.05) is 38.9 Å². The van der Waals surface area contributed by atoms with Crippen molar-refractivity contribution in [3.8, 4) is 0 Å². The van der Waals surface area contributed by atoms with Crippen LogP contribution < -0.4 is 0 Å². The van der Waals surface area contributed by atoms with E-state index < -0.39 is 16.1 Å². The number of piperazine rings is 1. The van der Waals surface area contributed by atoms with Gasteiger partial charge in [0.1, 0.15) is 10.9 Å². The molecule has 1 fully saturated rings. The molecule has 1 saturated heterocycles. The Morgan fingerprint density at radius 1 is 1.14 bits per heavy atom. The Labute approximate surface area is 179 Å². The van der Waals surface area contributed by atoms with E-state index in [0.717, 1.165) is 15.9 Å². The summed E-state index contributed by atoms with van der Waals surface area (Å²) in [6.45, 7) is 11.1. The molecule has 0 bridgehead atoms. The molecule has 160 valence electrons. The van der Waals surface area contributed by atoms with Gasteiger partial charge in [-0.15, -0.1) is 0 Å². The Morgan fingerprint density at radius 3 is 2.24 bits per heavy atom. The van der Waals surface area contributed by atoms with Gasteiger partial charge in [0.15, 0.2) is 0 Å². The first-order valence-electron chi connectivity index (χ1n) is 9.62. The number of halogens is 1. The quantitative estimate of drug-likeness (QED) is 0.642. The maximum Gasteiger partial charge on any atom is 0.247 e. The largest absolute Gasteiger partial charge is 0.338 e. The third kappa shape index (κ3) is 3.99. The molecule has 29 heavy (non-hydrogen) atoms. The van der Waals surface area contributed by atoms with Gasteiger partial charge in [0.25, 0.3) is 0 Å². The Balaban J connectivity index is 1.70. The lowest BCUT2D eigenvalue weighted by molar-refractivity contribution is -0.135. The summed E-state index contributed by atoms with van der Waals surface area (Å²) in [5, 5.41) is 8.69. The summed E-state index contributed by atoms with van der Waals surface area (Å²) >= 11 is 3.49. The highest BCUT2D eigenvalue weighted by Gasteiger charge is 2.34. The fraction of sp³-hybridized carbons (Fsp3) is 0.611. The molecule has 0 aromatic carbocycles. The first-order chi connectivity index (χ1) is 13.6. The highest BCUT2D eigenvalue weighted by molar-refractivity contribution is 9.10. The molecular weight excluding hydrogens is 460 g/mol. The predicted octanol–water partition coefficient (Wildman–Crippen LogP) is 1.88. The SMILES string of the molecule is CCn1cc(S(=O)(=O)N2CCN(C(=O)C(C)n3nc(C)c(Br)c3C)CC2)c(C)n1. The molecule has 2 aromatic rings. The number of nitrogens with zero attached hydrogens (tertiary/aromatic N) is 6. The van der Waals surface area contributed by atoms with E-state index in [1.54, 1.807) is 27.4 Å². The van der Waals surface area contributed by atoms with Gasteiger partial charge in [0.2, 0.25) is 15.9 Å². The molecule has 0 saturated carbocycles. The summed E-state index contributed by atoms with van der Waals surface area (Å²) < 4.78 is 31.7. The van der Waals surface area contributed by atoms with Crippen molar-refractivity contribution >= 4 is 31.9 Å². The van der Waals surface area contributed by atoms with Gasteiger partial charge in [-0.1, -0.05) is 0 Å². The Morgan fingerprint density at radius 2 is 1.76 bits per heavy atom. The zero-order valence-corrected chi connectivity index (χ0v) is 19.8. The first kappa shape index (κ1) is 22.0. The second-order valence-electron chi connectivity index (χ2n) is 7.27. The minimum absolute atomic E-state index is 0.0601. The first-order valence-corrected chi connectivity index (χ1v) is 11.8. The summed E-state index contributed by atoms with van der Waals surface area (Å²) in [6, 6.07) is -0.451. The third-order valence-electron chi connectivity index (χ3n) is 5.35. The van der Waals surface area contributed by atoms with Gasteiger partial charge in [0.05, 0.1) is 21.6 Å². The van der Waals surface area contributed by atoms with Crippen LogP contribution in [0.25, 0.3) is 0 Å². The van der Waals surface area contributed by atoms with Crippen LogP contribution in [0.1, 0.15) is 37.0 Å². The lowest BCUT2D eigenvalue weighted by Crippen LogP contribution is -2.51. The molecular formula is C18H27BrN6O3S. The molecule has 0 radical (unpaired) electrons. The number of hydrogen-bond acceptors (Lipinski definition) is 5. The third-order valence-corrected chi connectivity index (χ3v) is 8.50. The van der Waals surface area contributed by atoms with E-state index in [1.807, 2.05) is 27.7 Å². The van der Waals surface area contributed by atoms with Crippen LogP contribution in [0.15, 0.2) is 15.6 Å². The van der Waals surface area contributed by atoms with E-state index in [4.69, 9.17) is 0 Å². The minimum atomic E-state index is -3.62. The summed E-state index contributed by atoms with van der Waals surface area (Å²) in [7, 11) is -3.62. The zero-order chi connectivity index (χ0) is 21.5. The molecule has 2 aromatic heterocycles. The second-order valence-corrected chi connectivity index (χ2v) is 9.97. The zero-order valence-electron chi connectivity index (χ0n) is 17.4. The van der Waals surface area contributed by atoms with Gasteiger partial charge in [-0.05, 0) is 50.5 Å². The number of hydrogen-bond donors (Lipinski definition) is 0. The van der Waals surface area contributed by atoms with Crippen LogP contribution in [0.5, 0.6) is 0 Å². The number of aromatic nitrogens is 4. The number of carbonyl (C=O) groups is 1. The van der Waals surface area contributed by atoms with Gasteiger partial charge in [-0.25, -0.2) is 8.42 Å². The molecule has 1 amide bonds. The lowest BCUT2D eigenvalue weighted by atomic mass is 10.2. The van der Waals surface area contributed by atoms with E-state index in [0.29, 0.717) is 25.3 Å². The molecule has 0 aliphatic carbocycles. The van der Waals surface area contributed by atoms with Crippen molar-refractivity contribution in [1.82, 2.24) is 28.8 Å².